The molecule has 6 nitrogen and oxygen atoms in total. The molecule has 0 amide bonds. The standard InChI is InChI=1S/C20H26N6S.HI/c1-15-16(2)27-19(25-15)9-11-22-20(21-3)23-13-17-7-4-5-8-18(17)14-26-12-6-10-24-26;/h4-8,10,12H,9,11,13-14H2,1-3H3,(H2,21,22,23);1H. The number of nitrogens with zero attached hydrogens (tertiary/aromatic N) is 4. The Morgan fingerprint density at radius 2 is 1.93 bits per heavy atom. The largest absolute Gasteiger partial charge is 0.356 e. The molecule has 3 aromatic rings. The molecule has 8 heteroatoms. The van der Waals surface area contributed by atoms with Gasteiger partial charge in [-0.1, -0.05) is 24.3 Å². The topological polar surface area (TPSA) is 67.1 Å². The summed E-state index contributed by atoms with van der Waals surface area (Å²) in [6.45, 7) is 6.46. The van der Waals surface area contributed by atoms with Gasteiger partial charge in [-0.15, -0.1) is 35.3 Å². The van der Waals surface area contributed by atoms with Crippen LogP contribution in [0.15, 0.2) is 47.7 Å². The highest BCUT2D eigenvalue weighted by Gasteiger charge is 2.06. The van der Waals surface area contributed by atoms with Crippen LogP contribution in [0.4, 0.5) is 0 Å². The summed E-state index contributed by atoms with van der Waals surface area (Å²) >= 11 is 1.77. The van der Waals surface area contributed by atoms with E-state index >= 15 is 0 Å². The van der Waals surface area contributed by atoms with Gasteiger partial charge in [0.15, 0.2) is 5.96 Å². The number of nitrogens with one attached hydrogen (secondary N) is 2. The van der Waals surface area contributed by atoms with Gasteiger partial charge >= 0.3 is 0 Å². The number of aromatic nitrogens is 3. The van der Waals surface area contributed by atoms with E-state index in [1.807, 2.05) is 16.9 Å². The molecule has 0 aliphatic carbocycles. The van der Waals surface area contributed by atoms with Crippen LogP contribution in [0.3, 0.4) is 0 Å². The van der Waals surface area contributed by atoms with Crippen molar-refractivity contribution in [2.75, 3.05) is 13.6 Å². The summed E-state index contributed by atoms with van der Waals surface area (Å²) in [5, 5.41) is 12.2. The maximum atomic E-state index is 4.58. The fraction of sp³-hybridized carbons (Fsp3) is 0.350. The predicted molar refractivity (Wildman–Crippen MR) is 127 cm³/mol. The first-order chi connectivity index (χ1) is 13.2. The van der Waals surface area contributed by atoms with Gasteiger partial charge in [-0.05, 0) is 31.0 Å². The molecule has 0 saturated carbocycles. The number of guanidine groups is 1. The second kappa shape index (κ2) is 11.2. The van der Waals surface area contributed by atoms with Gasteiger partial charge in [0.2, 0.25) is 0 Å². The fourth-order valence-electron chi connectivity index (χ4n) is 2.79. The summed E-state index contributed by atoms with van der Waals surface area (Å²) < 4.78 is 1.93. The van der Waals surface area contributed by atoms with Crippen molar-refractivity contribution in [1.82, 2.24) is 25.4 Å². The number of rotatable bonds is 7. The number of hydrogen-bond acceptors (Lipinski definition) is 4. The lowest BCUT2D eigenvalue weighted by Gasteiger charge is -2.14. The molecule has 150 valence electrons. The molecular weight excluding hydrogens is 483 g/mol. The van der Waals surface area contributed by atoms with Crippen LogP contribution in [-0.4, -0.2) is 34.3 Å². The van der Waals surface area contributed by atoms with Crippen LogP contribution in [0.1, 0.15) is 26.7 Å². The Labute approximate surface area is 187 Å². The van der Waals surface area contributed by atoms with Gasteiger partial charge in [0.05, 0.1) is 17.2 Å². The molecule has 2 heterocycles. The van der Waals surface area contributed by atoms with E-state index in [-0.39, 0.29) is 24.0 Å². The van der Waals surface area contributed by atoms with Crippen molar-refractivity contribution >= 4 is 41.3 Å². The quantitative estimate of drug-likeness (QED) is 0.290. The summed E-state index contributed by atoms with van der Waals surface area (Å²) in [6, 6.07) is 10.3. The SMILES string of the molecule is CN=C(NCCc1nc(C)c(C)s1)NCc1ccccc1Cn1cccn1.I. The number of benzene rings is 1. The van der Waals surface area contributed by atoms with E-state index in [1.165, 1.54) is 16.0 Å². The molecule has 0 unspecified atom stereocenters. The van der Waals surface area contributed by atoms with Gasteiger partial charge in [-0.25, -0.2) is 4.98 Å². The Hall–Kier alpha value is -1.94. The number of halogens is 1. The van der Waals surface area contributed by atoms with Crippen LogP contribution in [0.5, 0.6) is 0 Å². The highest BCUT2D eigenvalue weighted by molar-refractivity contribution is 14.0. The summed E-state index contributed by atoms with van der Waals surface area (Å²) in [6.07, 6.45) is 4.68. The molecule has 0 fully saturated rings. The third kappa shape index (κ3) is 6.30. The summed E-state index contributed by atoms with van der Waals surface area (Å²) in [5.74, 6) is 0.800. The molecule has 0 bridgehead atoms. The average Bonchev–Trinajstić information content (AvgIpc) is 3.29. The molecule has 0 spiro atoms. The lowest BCUT2D eigenvalue weighted by molar-refractivity contribution is 0.677. The maximum Gasteiger partial charge on any atom is 0.191 e. The van der Waals surface area contributed by atoms with Crippen molar-refractivity contribution in [2.45, 2.75) is 33.4 Å². The van der Waals surface area contributed by atoms with Crippen molar-refractivity contribution < 1.29 is 0 Å². The van der Waals surface area contributed by atoms with Gasteiger partial charge in [0, 0.05) is 43.8 Å². The summed E-state index contributed by atoms with van der Waals surface area (Å²) in [4.78, 5) is 10.2. The normalized spacial score (nSPS) is 11.2. The second-order valence-electron chi connectivity index (χ2n) is 6.32. The van der Waals surface area contributed by atoms with Crippen LogP contribution >= 0.6 is 35.3 Å². The van der Waals surface area contributed by atoms with E-state index < -0.39 is 0 Å². The van der Waals surface area contributed by atoms with Gasteiger partial charge in [-0.3, -0.25) is 9.67 Å². The zero-order valence-corrected chi connectivity index (χ0v) is 19.6. The molecule has 0 aliphatic rings. The average molecular weight is 510 g/mol. The van der Waals surface area contributed by atoms with Crippen molar-refractivity contribution in [3.63, 3.8) is 0 Å². The minimum Gasteiger partial charge on any atom is -0.356 e. The van der Waals surface area contributed by atoms with E-state index in [0.717, 1.165) is 36.2 Å². The molecule has 3 rings (SSSR count). The van der Waals surface area contributed by atoms with Crippen LogP contribution in [-0.2, 0) is 19.5 Å². The summed E-state index contributed by atoms with van der Waals surface area (Å²) in [5.41, 5.74) is 3.62. The van der Waals surface area contributed by atoms with Crippen molar-refractivity contribution in [3.8, 4) is 0 Å². The van der Waals surface area contributed by atoms with E-state index in [0.29, 0.717) is 6.54 Å². The smallest absolute Gasteiger partial charge is 0.191 e. The highest BCUT2D eigenvalue weighted by atomic mass is 127. The molecule has 28 heavy (non-hydrogen) atoms. The Kier molecular flexibility index (Phi) is 8.91. The third-order valence-electron chi connectivity index (χ3n) is 4.38. The minimum absolute atomic E-state index is 0. The second-order valence-corrected chi connectivity index (χ2v) is 7.61. The Morgan fingerprint density at radius 1 is 1.14 bits per heavy atom. The Bertz CT molecular complexity index is 869. The third-order valence-corrected chi connectivity index (χ3v) is 5.52. The van der Waals surface area contributed by atoms with Crippen molar-refractivity contribution in [2.24, 2.45) is 4.99 Å². The van der Waals surface area contributed by atoms with Crippen LogP contribution in [0.25, 0.3) is 0 Å². The maximum absolute atomic E-state index is 4.58. The van der Waals surface area contributed by atoms with Gasteiger partial charge in [-0.2, -0.15) is 5.10 Å². The number of thiazole rings is 1. The Balaban J connectivity index is 0.00000280. The molecule has 0 radical (unpaired) electrons. The first kappa shape index (κ1) is 22.4. The van der Waals surface area contributed by atoms with E-state index in [9.17, 15) is 0 Å². The van der Waals surface area contributed by atoms with Crippen molar-refractivity contribution in [3.05, 3.63) is 69.4 Å². The van der Waals surface area contributed by atoms with Crippen LogP contribution in [0.2, 0.25) is 0 Å². The zero-order valence-electron chi connectivity index (χ0n) is 16.5. The van der Waals surface area contributed by atoms with Crippen molar-refractivity contribution in [1.29, 1.82) is 0 Å². The van der Waals surface area contributed by atoms with E-state index in [1.54, 1.807) is 24.6 Å². The lowest BCUT2D eigenvalue weighted by Crippen LogP contribution is -2.38. The highest BCUT2D eigenvalue weighted by Crippen LogP contribution is 2.16. The first-order valence-corrected chi connectivity index (χ1v) is 9.89. The molecule has 2 N–H and O–H groups in total. The van der Waals surface area contributed by atoms with E-state index in [2.05, 4.69) is 63.8 Å². The van der Waals surface area contributed by atoms with Crippen LogP contribution in [0, 0.1) is 13.8 Å². The number of hydrogen-bond donors (Lipinski definition) is 2. The lowest BCUT2D eigenvalue weighted by atomic mass is 10.1. The molecule has 0 atom stereocenters. The first-order valence-electron chi connectivity index (χ1n) is 9.07. The Morgan fingerprint density at radius 3 is 2.57 bits per heavy atom. The van der Waals surface area contributed by atoms with Crippen LogP contribution < -0.4 is 10.6 Å². The molecule has 0 saturated heterocycles. The van der Waals surface area contributed by atoms with Gasteiger partial charge < -0.3 is 10.6 Å². The van der Waals surface area contributed by atoms with Gasteiger partial charge in [0.25, 0.3) is 0 Å². The molecule has 1 aromatic carbocycles. The monoisotopic (exact) mass is 510 g/mol. The van der Waals surface area contributed by atoms with Gasteiger partial charge in [0.1, 0.15) is 0 Å². The predicted octanol–water partition coefficient (Wildman–Crippen LogP) is 3.53. The number of aliphatic imine (C=N–C) groups is 1. The molecular formula is C20H27IN6S. The minimum atomic E-state index is 0. The number of aryl methyl sites for hydroxylation is 2. The fourth-order valence-corrected chi connectivity index (χ4v) is 3.72. The summed E-state index contributed by atoms with van der Waals surface area (Å²) in [7, 11) is 1.79. The zero-order chi connectivity index (χ0) is 19.1. The molecule has 0 aliphatic heterocycles. The molecule has 2 aromatic heterocycles. The van der Waals surface area contributed by atoms with E-state index in [4.69, 9.17) is 0 Å².